The average Bonchev–Trinajstić information content (AvgIpc) is 2.33. The second-order valence-corrected chi connectivity index (χ2v) is 5.74. The van der Waals surface area contributed by atoms with Crippen LogP contribution in [0.5, 0.6) is 6.01 Å². The topological polar surface area (TPSA) is 64.3 Å². The lowest BCUT2D eigenvalue weighted by Crippen LogP contribution is -2.52. The Bertz CT molecular complexity index is 438. The number of nitrogens with zero attached hydrogens (tertiary/aromatic N) is 3. The van der Waals surface area contributed by atoms with Gasteiger partial charge in [-0.15, -0.1) is 0 Å². The Balaban J connectivity index is 2.26. The molecule has 0 aromatic carbocycles. The fraction of sp³-hybridized carbons (Fsp3) is 0.667. The summed E-state index contributed by atoms with van der Waals surface area (Å²) < 4.78 is 5.04. The molecule has 0 radical (unpaired) electrons. The summed E-state index contributed by atoms with van der Waals surface area (Å²) in [6, 6.07) is 0.540. The molecule has 1 aromatic rings. The van der Waals surface area contributed by atoms with E-state index in [2.05, 4.69) is 28.7 Å². The summed E-state index contributed by atoms with van der Waals surface area (Å²) in [5.41, 5.74) is 6.17. The van der Waals surface area contributed by atoms with Crippen LogP contribution in [0, 0.1) is 5.41 Å². The van der Waals surface area contributed by atoms with Gasteiger partial charge in [0, 0.05) is 19.1 Å². The van der Waals surface area contributed by atoms with Crippen molar-refractivity contribution in [3.05, 3.63) is 11.2 Å². The predicted molar refractivity (Wildman–Crippen MR) is 72.2 cm³/mol. The molecule has 0 spiro atoms. The highest BCUT2D eigenvalue weighted by Gasteiger charge is 2.34. The molecule has 1 aliphatic heterocycles. The Hall–Kier alpha value is -1.07. The van der Waals surface area contributed by atoms with Crippen LogP contribution in [-0.4, -0.2) is 36.2 Å². The maximum absolute atomic E-state index is 6.16. The van der Waals surface area contributed by atoms with Crippen LogP contribution in [0.25, 0.3) is 0 Å². The van der Waals surface area contributed by atoms with Gasteiger partial charge in [0.15, 0.2) is 5.82 Å². The molecule has 2 rings (SSSR count). The van der Waals surface area contributed by atoms with Gasteiger partial charge >= 0.3 is 6.01 Å². The first-order valence-corrected chi connectivity index (χ1v) is 6.39. The maximum atomic E-state index is 6.16. The van der Waals surface area contributed by atoms with Crippen LogP contribution in [0.1, 0.15) is 20.3 Å². The molecular formula is C12H19ClN4O. The van der Waals surface area contributed by atoms with E-state index < -0.39 is 0 Å². The molecule has 2 N–H and O–H groups in total. The fourth-order valence-electron chi connectivity index (χ4n) is 2.22. The third-order valence-electron chi connectivity index (χ3n) is 3.50. The lowest BCUT2D eigenvalue weighted by atomic mass is 9.80. The second kappa shape index (κ2) is 4.90. The average molecular weight is 271 g/mol. The molecular weight excluding hydrogens is 252 g/mol. The molecule has 1 fully saturated rings. The standard InChI is InChI=1S/C12H19ClN4O/c1-12(2)7-17(5-4-9(12)14)10-8(13)6-15-11(16-10)18-3/h6,9H,4-5,7,14H2,1-3H3. The van der Waals surface area contributed by atoms with E-state index in [-0.39, 0.29) is 11.5 Å². The molecule has 6 heteroatoms. The molecule has 100 valence electrons. The van der Waals surface area contributed by atoms with Crippen molar-refractivity contribution < 1.29 is 4.74 Å². The van der Waals surface area contributed by atoms with E-state index in [1.165, 1.54) is 0 Å². The Morgan fingerprint density at radius 2 is 2.28 bits per heavy atom. The van der Waals surface area contributed by atoms with E-state index in [0.717, 1.165) is 25.3 Å². The van der Waals surface area contributed by atoms with Crippen molar-refractivity contribution in [2.45, 2.75) is 26.3 Å². The Morgan fingerprint density at radius 1 is 1.56 bits per heavy atom. The minimum absolute atomic E-state index is 0.0414. The number of halogens is 1. The number of methoxy groups -OCH3 is 1. The summed E-state index contributed by atoms with van der Waals surface area (Å²) in [4.78, 5) is 10.5. The molecule has 0 bridgehead atoms. The molecule has 1 aromatic heterocycles. The first kappa shape index (κ1) is 13.4. The molecule has 1 atom stereocenters. The zero-order chi connectivity index (χ0) is 13.3. The number of aromatic nitrogens is 2. The third kappa shape index (κ3) is 2.52. The van der Waals surface area contributed by atoms with Gasteiger partial charge in [0.2, 0.25) is 0 Å². The zero-order valence-electron chi connectivity index (χ0n) is 11.0. The van der Waals surface area contributed by atoms with Gasteiger partial charge in [0.1, 0.15) is 5.02 Å². The zero-order valence-corrected chi connectivity index (χ0v) is 11.7. The van der Waals surface area contributed by atoms with Crippen molar-refractivity contribution in [1.29, 1.82) is 0 Å². The third-order valence-corrected chi connectivity index (χ3v) is 3.76. The van der Waals surface area contributed by atoms with E-state index >= 15 is 0 Å². The van der Waals surface area contributed by atoms with Crippen LogP contribution in [-0.2, 0) is 0 Å². The van der Waals surface area contributed by atoms with Crippen molar-refractivity contribution in [1.82, 2.24) is 9.97 Å². The Labute approximate surface area is 112 Å². The van der Waals surface area contributed by atoms with E-state index in [1.54, 1.807) is 13.3 Å². The molecule has 2 heterocycles. The van der Waals surface area contributed by atoms with Crippen molar-refractivity contribution in [2.75, 3.05) is 25.1 Å². The highest BCUT2D eigenvalue weighted by atomic mass is 35.5. The first-order chi connectivity index (χ1) is 8.44. The first-order valence-electron chi connectivity index (χ1n) is 6.01. The van der Waals surface area contributed by atoms with Gasteiger partial charge in [-0.3, -0.25) is 0 Å². The van der Waals surface area contributed by atoms with Crippen LogP contribution in [0.15, 0.2) is 6.20 Å². The van der Waals surface area contributed by atoms with Crippen LogP contribution in [0.2, 0.25) is 5.02 Å². The summed E-state index contributed by atoms with van der Waals surface area (Å²) in [6.45, 7) is 6.00. The molecule has 0 amide bonds. The summed E-state index contributed by atoms with van der Waals surface area (Å²) in [5, 5.41) is 0.544. The van der Waals surface area contributed by atoms with Crippen LogP contribution < -0.4 is 15.4 Å². The molecule has 18 heavy (non-hydrogen) atoms. The van der Waals surface area contributed by atoms with Crippen LogP contribution in [0.4, 0.5) is 5.82 Å². The smallest absolute Gasteiger partial charge is 0.318 e. The highest BCUT2D eigenvalue weighted by molar-refractivity contribution is 6.32. The number of piperidine rings is 1. The quantitative estimate of drug-likeness (QED) is 0.886. The Morgan fingerprint density at radius 3 is 2.89 bits per heavy atom. The second-order valence-electron chi connectivity index (χ2n) is 5.33. The molecule has 1 saturated heterocycles. The summed E-state index contributed by atoms with van der Waals surface area (Å²) >= 11 is 6.16. The van der Waals surface area contributed by atoms with Gasteiger partial charge < -0.3 is 15.4 Å². The van der Waals surface area contributed by atoms with Gasteiger partial charge in [-0.2, -0.15) is 4.98 Å². The SMILES string of the molecule is COc1ncc(Cl)c(N2CCC(N)C(C)(C)C2)n1. The predicted octanol–water partition coefficient (Wildman–Crippen LogP) is 1.70. The number of nitrogens with two attached hydrogens (primary N) is 1. The van der Waals surface area contributed by atoms with Crippen molar-refractivity contribution >= 4 is 17.4 Å². The monoisotopic (exact) mass is 270 g/mol. The van der Waals surface area contributed by atoms with E-state index in [0.29, 0.717) is 11.0 Å². The fourth-order valence-corrected chi connectivity index (χ4v) is 2.43. The molecule has 1 unspecified atom stereocenters. The Kier molecular flexibility index (Phi) is 3.64. The molecule has 5 nitrogen and oxygen atoms in total. The normalized spacial score (nSPS) is 22.9. The number of hydrogen-bond acceptors (Lipinski definition) is 5. The highest BCUT2D eigenvalue weighted by Crippen LogP contribution is 2.33. The minimum Gasteiger partial charge on any atom is -0.467 e. The van der Waals surface area contributed by atoms with Crippen LogP contribution >= 0.6 is 11.6 Å². The summed E-state index contributed by atoms with van der Waals surface area (Å²) in [6.07, 6.45) is 2.50. The molecule has 0 saturated carbocycles. The molecule has 0 aliphatic carbocycles. The lowest BCUT2D eigenvalue weighted by Gasteiger charge is -2.43. The van der Waals surface area contributed by atoms with Crippen molar-refractivity contribution in [3.8, 4) is 6.01 Å². The maximum Gasteiger partial charge on any atom is 0.318 e. The van der Waals surface area contributed by atoms with Gasteiger partial charge in [-0.05, 0) is 11.8 Å². The number of anilines is 1. The van der Waals surface area contributed by atoms with Crippen molar-refractivity contribution in [2.24, 2.45) is 11.1 Å². The van der Waals surface area contributed by atoms with Gasteiger partial charge in [0.05, 0.1) is 13.3 Å². The number of ether oxygens (including phenoxy) is 1. The lowest BCUT2D eigenvalue weighted by molar-refractivity contribution is 0.244. The van der Waals surface area contributed by atoms with E-state index in [4.69, 9.17) is 22.1 Å². The number of hydrogen-bond donors (Lipinski definition) is 1. The van der Waals surface area contributed by atoms with Gasteiger partial charge in [-0.25, -0.2) is 4.98 Å². The summed E-state index contributed by atoms with van der Waals surface area (Å²) in [5.74, 6) is 0.725. The largest absolute Gasteiger partial charge is 0.467 e. The van der Waals surface area contributed by atoms with Gasteiger partial charge in [-0.1, -0.05) is 25.4 Å². The number of rotatable bonds is 2. The molecule has 1 aliphatic rings. The van der Waals surface area contributed by atoms with Gasteiger partial charge in [0.25, 0.3) is 0 Å². The summed E-state index contributed by atoms with van der Waals surface area (Å²) in [7, 11) is 1.54. The van der Waals surface area contributed by atoms with E-state index in [9.17, 15) is 0 Å². The van der Waals surface area contributed by atoms with Crippen molar-refractivity contribution in [3.63, 3.8) is 0 Å². The van der Waals surface area contributed by atoms with E-state index in [1.807, 2.05) is 0 Å². The van der Waals surface area contributed by atoms with Crippen LogP contribution in [0.3, 0.4) is 0 Å². The minimum atomic E-state index is 0.0414.